The Morgan fingerprint density at radius 2 is 2.10 bits per heavy atom. The first-order chi connectivity index (χ1) is 10.3. The third-order valence-corrected chi connectivity index (χ3v) is 4.25. The lowest BCUT2D eigenvalue weighted by molar-refractivity contribution is 0.815. The molecule has 0 aliphatic rings. The largest absolute Gasteiger partial charge is 0.311 e. The summed E-state index contributed by atoms with van der Waals surface area (Å²) in [4.78, 5) is 13.2. The minimum absolute atomic E-state index is 0.755. The quantitative estimate of drug-likeness (QED) is 0.578. The van der Waals surface area contributed by atoms with Crippen LogP contribution in [0.3, 0.4) is 0 Å². The Kier molecular flexibility index (Phi) is 2.79. The van der Waals surface area contributed by atoms with Crippen LogP contribution in [0.2, 0.25) is 0 Å². The van der Waals surface area contributed by atoms with E-state index in [1.54, 1.807) is 17.4 Å². The molecule has 0 saturated carbocycles. The van der Waals surface area contributed by atoms with Crippen molar-refractivity contribution in [1.82, 2.24) is 19.5 Å². The van der Waals surface area contributed by atoms with E-state index in [2.05, 4.69) is 44.3 Å². The fourth-order valence-corrected chi connectivity index (χ4v) is 3.13. The fraction of sp³-hybridized carbons (Fsp3) is 0.0625. The molecular weight excluding hydrogens is 280 g/mol. The van der Waals surface area contributed by atoms with Gasteiger partial charge in [-0.1, -0.05) is 18.7 Å². The van der Waals surface area contributed by atoms with E-state index in [0.29, 0.717) is 0 Å². The Labute approximate surface area is 125 Å². The van der Waals surface area contributed by atoms with Crippen LogP contribution in [0.15, 0.2) is 48.9 Å². The summed E-state index contributed by atoms with van der Waals surface area (Å²) in [6.45, 7) is 4.51. The Balaban J connectivity index is 1.74. The van der Waals surface area contributed by atoms with Gasteiger partial charge >= 0.3 is 0 Å². The van der Waals surface area contributed by atoms with Gasteiger partial charge < -0.3 is 4.57 Å². The van der Waals surface area contributed by atoms with Crippen molar-refractivity contribution < 1.29 is 0 Å². The van der Waals surface area contributed by atoms with Gasteiger partial charge in [0.2, 0.25) is 0 Å². The number of nitrogens with zero attached hydrogens (tertiary/aromatic N) is 4. The number of rotatable bonds is 3. The van der Waals surface area contributed by atoms with Crippen LogP contribution in [0.1, 0.15) is 11.1 Å². The van der Waals surface area contributed by atoms with Crippen LogP contribution < -0.4 is 0 Å². The minimum Gasteiger partial charge on any atom is -0.311 e. The van der Waals surface area contributed by atoms with Gasteiger partial charge in [0.05, 0.1) is 28.6 Å². The van der Waals surface area contributed by atoms with Crippen molar-refractivity contribution in [3.63, 3.8) is 0 Å². The van der Waals surface area contributed by atoms with Crippen LogP contribution in [0.25, 0.3) is 27.5 Å². The highest BCUT2D eigenvalue weighted by molar-refractivity contribution is 7.16. The monoisotopic (exact) mass is 292 g/mol. The van der Waals surface area contributed by atoms with Gasteiger partial charge in [-0.3, -0.25) is 0 Å². The molecule has 0 N–H and O–H groups in total. The predicted octanol–water partition coefficient (Wildman–Crippen LogP) is 3.73. The zero-order valence-electron chi connectivity index (χ0n) is 11.2. The van der Waals surface area contributed by atoms with Gasteiger partial charge in [-0.2, -0.15) is 0 Å². The highest BCUT2D eigenvalue weighted by atomic mass is 32.1. The summed E-state index contributed by atoms with van der Waals surface area (Å²) in [6.07, 6.45) is 5.44. The molecule has 0 amide bonds. The summed E-state index contributed by atoms with van der Waals surface area (Å²) in [7, 11) is 0. The number of thiazole rings is 1. The van der Waals surface area contributed by atoms with Gasteiger partial charge in [-0.15, -0.1) is 11.3 Å². The minimum atomic E-state index is 0.755. The summed E-state index contributed by atoms with van der Waals surface area (Å²) in [5.74, 6) is 0. The van der Waals surface area contributed by atoms with Crippen molar-refractivity contribution in [2.75, 3.05) is 0 Å². The van der Waals surface area contributed by atoms with Gasteiger partial charge in [0.1, 0.15) is 5.52 Å². The average molecular weight is 292 g/mol. The van der Waals surface area contributed by atoms with Crippen molar-refractivity contribution in [2.45, 2.75) is 6.54 Å². The van der Waals surface area contributed by atoms with E-state index >= 15 is 0 Å². The average Bonchev–Trinajstić information content (AvgIpc) is 3.13. The molecule has 0 unspecified atom stereocenters. The SMILES string of the molecule is C=Cc1cnc2c(c1)ncn2Cc1ccc2ncsc2c1. The van der Waals surface area contributed by atoms with Gasteiger partial charge in [-0.25, -0.2) is 15.0 Å². The molecule has 4 rings (SSSR count). The second-order valence-electron chi connectivity index (χ2n) is 4.84. The molecule has 0 bridgehead atoms. The summed E-state index contributed by atoms with van der Waals surface area (Å²) < 4.78 is 3.27. The zero-order valence-corrected chi connectivity index (χ0v) is 12.0. The van der Waals surface area contributed by atoms with Gasteiger partial charge in [0.25, 0.3) is 0 Å². The highest BCUT2D eigenvalue weighted by Crippen LogP contribution is 2.21. The Morgan fingerprint density at radius 1 is 1.14 bits per heavy atom. The van der Waals surface area contributed by atoms with Crippen LogP contribution in [-0.4, -0.2) is 19.5 Å². The first kappa shape index (κ1) is 12.2. The van der Waals surface area contributed by atoms with Crippen molar-refractivity contribution in [1.29, 1.82) is 0 Å². The molecule has 3 aromatic heterocycles. The smallest absolute Gasteiger partial charge is 0.160 e. The first-order valence-electron chi connectivity index (χ1n) is 6.59. The van der Waals surface area contributed by atoms with Crippen LogP contribution in [0.5, 0.6) is 0 Å². The topological polar surface area (TPSA) is 43.6 Å². The lowest BCUT2D eigenvalue weighted by Gasteiger charge is -2.04. The molecule has 4 nitrogen and oxygen atoms in total. The van der Waals surface area contributed by atoms with Gasteiger partial charge in [-0.05, 0) is 29.3 Å². The second kappa shape index (κ2) is 4.79. The molecule has 4 aromatic rings. The lowest BCUT2D eigenvalue weighted by atomic mass is 10.2. The van der Waals surface area contributed by atoms with E-state index in [1.807, 2.05) is 24.1 Å². The summed E-state index contributed by atoms with van der Waals surface area (Å²) in [6, 6.07) is 8.34. The van der Waals surface area contributed by atoms with E-state index in [0.717, 1.165) is 28.8 Å². The normalized spacial score (nSPS) is 11.2. The van der Waals surface area contributed by atoms with Gasteiger partial charge in [0.15, 0.2) is 5.65 Å². The van der Waals surface area contributed by atoms with E-state index in [9.17, 15) is 0 Å². The molecular formula is C16H12N4S. The van der Waals surface area contributed by atoms with Crippen molar-refractivity contribution in [2.24, 2.45) is 0 Å². The van der Waals surface area contributed by atoms with Crippen LogP contribution in [-0.2, 0) is 6.54 Å². The molecule has 0 atom stereocenters. The molecule has 0 radical (unpaired) electrons. The molecule has 0 aliphatic carbocycles. The zero-order chi connectivity index (χ0) is 14.2. The van der Waals surface area contributed by atoms with Crippen molar-refractivity contribution in [3.8, 4) is 0 Å². The maximum absolute atomic E-state index is 4.48. The molecule has 0 fully saturated rings. The van der Waals surface area contributed by atoms with Crippen molar-refractivity contribution >= 4 is 38.8 Å². The Bertz CT molecular complexity index is 951. The predicted molar refractivity (Wildman–Crippen MR) is 86.3 cm³/mol. The number of imidazole rings is 1. The number of hydrogen-bond acceptors (Lipinski definition) is 4. The van der Waals surface area contributed by atoms with E-state index in [4.69, 9.17) is 0 Å². The molecule has 1 aromatic carbocycles. The molecule has 102 valence electrons. The number of pyridine rings is 1. The molecule has 0 saturated heterocycles. The standard InChI is InChI=1S/C16H12N4S/c1-2-11-5-14-16(17-7-11)20(9-18-14)8-12-3-4-13-15(6-12)21-10-19-13/h2-7,9-10H,1,8H2. The van der Waals surface area contributed by atoms with Crippen LogP contribution in [0, 0.1) is 0 Å². The first-order valence-corrected chi connectivity index (χ1v) is 7.47. The Hall–Kier alpha value is -2.53. The van der Waals surface area contributed by atoms with E-state index in [1.165, 1.54) is 10.3 Å². The molecule has 3 heterocycles. The number of hydrogen-bond donors (Lipinski definition) is 0. The lowest BCUT2D eigenvalue weighted by Crippen LogP contribution is -1.99. The van der Waals surface area contributed by atoms with Crippen LogP contribution in [0.4, 0.5) is 0 Å². The van der Waals surface area contributed by atoms with Gasteiger partial charge in [0, 0.05) is 6.20 Å². The number of fused-ring (bicyclic) bond motifs is 2. The molecule has 0 aliphatic heterocycles. The van der Waals surface area contributed by atoms with Crippen LogP contribution >= 0.6 is 11.3 Å². The third kappa shape index (κ3) is 2.11. The third-order valence-electron chi connectivity index (χ3n) is 3.46. The maximum atomic E-state index is 4.48. The maximum Gasteiger partial charge on any atom is 0.160 e. The summed E-state index contributed by atoms with van der Waals surface area (Å²) in [5, 5.41) is 0. The Morgan fingerprint density at radius 3 is 3.00 bits per heavy atom. The molecule has 5 heteroatoms. The van der Waals surface area contributed by atoms with E-state index in [-0.39, 0.29) is 0 Å². The second-order valence-corrected chi connectivity index (χ2v) is 5.73. The van der Waals surface area contributed by atoms with E-state index < -0.39 is 0 Å². The number of aromatic nitrogens is 4. The summed E-state index contributed by atoms with van der Waals surface area (Å²) >= 11 is 1.66. The van der Waals surface area contributed by atoms with Crippen molar-refractivity contribution in [3.05, 3.63) is 60.0 Å². The fourth-order valence-electron chi connectivity index (χ4n) is 2.39. The number of benzene rings is 1. The molecule has 21 heavy (non-hydrogen) atoms. The molecule has 0 spiro atoms. The summed E-state index contributed by atoms with van der Waals surface area (Å²) in [5.41, 5.74) is 6.92. The highest BCUT2D eigenvalue weighted by Gasteiger charge is 2.06.